The standard InChI is InChI=1S/C30H34BrCl2N3O3/c31-24-17-21(16-23(29(24)34)19-36-12-3-4-13-36)20-38-14-5-6-15-39-28(37)18-22-8-1-2-11-27(22)35-30-25(32)9-7-10-26(30)33/h1-2,7-11,16-17,35H,3-6,12-15,18-20,34H2. The summed E-state index contributed by atoms with van der Waals surface area (Å²) < 4.78 is 12.3. The molecule has 0 spiro atoms. The molecule has 39 heavy (non-hydrogen) atoms. The lowest BCUT2D eigenvalue weighted by molar-refractivity contribution is -0.143. The maximum atomic E-state index is 12.5. The second-order valence-electron chi connectivity index (χ2n) is 9.67. The number of carbonyl (C=O) groups excluding carboxylic acids is 1. The molecule has 1 saturated heterocycles. The molecule has 0 aromatic heterocycles. The highest BCUT2D eigenvalue weighted by molar-refractivity contribution is 9.10. The van der Waals surface area contributed by atoms with Crippen LogP contribution in [0.2, 0.25) is 10.0 Å². The van der Waals surface area contributed by atoms with Gasteiger partial charge >= 0.3 is 5.97 Å². The first-order chi connectivity index (χ1) is 18.9. The van der Waals surface area contributed by atoms with Crippen molar-refractivity contribution in [2.75, 3.05) is 37.4 Å². The molecule has 0 amide bonds. The molecule has 0 atom stereocenters. The molecule has 0 saturated carbocycles. The molecule has 1 aliphatic rings. The van der Waals surface area contributed by atoms with Crippen molar-refractivity contribution in [3.05, 3.63) is 85.8 Å². The van der Waals surface area contributed by atoms with Crippen molar-refractivity contribution < 1.29 is 14.3 Å². The zero-order chi connectivity index (χ0) is 27.6. The summed E-state index contributed by atoms with van der Waals surface area (Å²) in [6.07, 6.45) is 4.18. The molecule has 1 aliphatic heterocycles. The van der Waals surface area contributed by atoms with Gasteiger partial charge in [-0.05, 0) is 95.7 Å². The number of nitrogens with one attached hydrogen (secondary N) is 1. The number of rotatable bonds is 13. The molecule has 0 radical (unpaired) electrons. The number of nitrogens with zero attached hydrogens (tertiary/aromatic N) is 1. The van der Waals surface area contributed by atoms with Crippen molar-refractivity contribution in [3.8, 4) is 0 Å². The van der Waals surface area contributed by atoms with Crippen LogP contribution in [0.15, 0.2) is 59.1 Å². The number of anilines is 3. The molecule has 9 heteroatoms. The predicted octanol–water partition coefficient (Wildman–Crippen LogP) is 7.76. The highest BCUT2D eigenvalue weighted by Gasteiger charge is 2.15. The van der Waals surface area contributed by atoms with E-state index >= 15 is 0 Å². The van der Waals surface area contributed by atoms with Gasteiger partial charge in [-0.15, -0.1) is 0 Å². The summed E-state index contributed by atoms with van der Waals surface area (Å²) >= 11 is 16.2. The summed E-state index contributed by atoms with van der Waals surface area (Å²) in [6, 6.07) is 17.0. The zero-order valence-electron chi connectivity index (χ0n) is 21.9. The van der Waals surface area contributed by atoms with E-state index in [0.29, 0.717) is 35.6 Å². The third-order valence-corrected chi connectivity index (χ3v) is 7.94. The fourth-order valence-electron chi connectivity index (χ4n) is 4.57. The average Bonchev–Trinajstić information content (AvgIpc) is 3.42. The Labute approximate surface area is 248 Å². The maximum Gasteiger partial charge on any atom is 0.310 e. The van der Waals surface area contributed by atoms with Crippen LogP contribution in [-0.4, -0.2) is 37.2 Å². The molecular weight excluding hydrogens is 601 g/mol. The van der Waals surface area contributed by atoms with Crippen LogP contribution in [0.4, 0.5) is 17.1 Å². The summed E-state index contributed by atoms with van der Waals surface area (Å²) in [6.45, 7) is 4.59. The number of hydrogen-bond donors (Lipinski definition) is 2. The van der Waals surface area contributed by atoms with Crippen LogP contribution < -0.4 is 11.1 Å². The fourth-order valence-corrected chi connectivity index (χ4v) is 5.61. The molecule has 3 N–H and O–H groups in total. The Morgan fingerprint density at radius 1 is 0.974 bits per heavy atom. The Hall–Kier alpha value is -2.29. The normalized spacial score (nSPS) is 13.5. The SMILES string of the molecule is Nc1c(Br)cc(COCCCCOC(=O)Cc2ccccc2Nc2c(Cl)cccc2Cl)cc1CN1CCCC1. The molecule has 4 rings (SSSR count). The Kier molecular flexibility index (Phi) is 11.4. The minimum absolute atomic E-state index is 0.146. The number of carbonyl (C=O) groups is 1. The van der Waals surface area contributed by atoms with Gasteiger partial charge in [0, 0.05) is 23.3 Å². The first-order valence-corrected chi connectivity index (χ1v) is 14.8. The molecule has 208 valence electrons. The Morgan fingerprint density at radius 2 is 1.69 bits per heavy atom. The number of para-hydroxylation sites is 2. The second kappa shape index (κ2) is 14.9. The van der Waals surface area contributed by atoms with Crippen LogP contribution in [0.5, 0.6) is 0 Å². The first-order valence-electron chi connectivity index (χ1n) is 13.2. The van der Waals surface area contributed by atoms with E-state index < -0.39 is 0 Å². The number of likely N-dealkylation sites (tertiary alicyclic amines) is 1. The molecule has 0 bridgehead atoms. The molecule has 0 unspecified atom stereocenters. The van der Waals surface area contributed by atoms with Crippen LogP contribution >= 0.6 is 39.1 Å². The lowest BCUT2D eigenvalue weighted by Crippen LogP contribution is -2.19. The van der Waals surface area contributed by atoms with Gasteiger partial charge in [0.1, 0.15) is 0 Å². The quantitative estimate of drug-likeness (QED) is 0.114. The number of benzene rings is 3. The van der Waals surface area contributed by atoms with E-state index in [1.807, 2.05) is 30.3 Å². The summed E-state index contributed by atoms with van der Waals surface area (Å²) in [7, 11) is 0. The van der Waals surface area contributed by atoms with E-state index in [0.717, 1.165) is 65.0 Å². The first kappa shape index (κ1) is 29.7. The van der Waals surface area contributed by atoms with Gasteiger partial charge in [0.25, 0.3) is 0 Å². The number of unbranched alkanes of at least 4 members (excludes halogenated alkanes) is 1. The van der Waals surface area contributed by atoms with Gasteiger partial charge in [-0.25, -0.2) is 0 Å². The van der Waals surface area contributed by atoms with E-state index in [1.165, 1.54) is 12.8 Å². The molecule has 1 fully saturated rings. The van der Waals surface area contributed by atoms with Crippen molar-refractivity contribution in [2.45, 2.75) is 45.3 Å². The average molecular weight is 635 g/mol. The van der Waals surface area contributed by atoms with E-state index in [2.05, 4.69) is 32.2 Å². The number of esters is 1. The van der Waals surface area contributed by atoms with Gasteiger partial charge in [-0.2, -0.15) is 0 Å². The van der Waals surface area contributed by atoms with Gasteiger partial charge in [0.05, 0.1) is 41.1 Å². The van der Waals surface area contributed by atoms with Crippen LogP contribution in [0.25, 0.3) is 0 Å². The molecule has 0 aliphatic carbocycles. The van der Waals surface area contributed by atoms with Crippen molar-refractivity contribution >= 4 is 62.2 Å². The van der Waals surface area contributed by atoms with Crippen LogP contribution in [0, 0.1) is 0 Å². The number of nitrogen functional groups attached to an aromatic ring is 1. The van der Waals surface area contributed by atoms with Gasteiger partial charge < -0.3 is 20.5 Å². The minimum Gasteiger partial charge on any atom is -0.465 e. The van der Waals surface area contributed by atoms with Gasteiger partial charge in [-0.1, -0.05) is 53.5 Å². The van der Waals surface area contributed by atoms with E-state index in [-0.39, 0.29) is 12.4 Å². The van der Waals surface area contributed by atoms with E-state index in [1.54, 1.807) is 18.2 Å². The molecular formula is C30H34BrCl2N3O3. The topological polar surface area (TPSA) is 76.8 Å². The molecule has 6 nitrogen and oxygen atoms in total. The largest absolute Gasteiger partial charge is 0.465 e. The predicted molar refractivity (Wildman–Crippen MR) is 163 cm³/mol. The summed E-state index contributed by atoms with van der Waals surface area (Å²) in [5, 5.41) is 4.26. The van der Waals surface area contributed by atoms with Gasteiger partial charge in [0.15, 0.2) is 0 Å². The van der Waals surface area contributed by atoms with Crippen LogP contribution in [0.1, 0.15) is 42.4 Å². The molecule has 1 heterocycles. The monoisotopic (exact) mass is 633 g/mol. The Balaban J connectivity index is 1.17. The third-order valence-electron chi connectivity index (χ3n) is 6.66. The van der Waals surface area contributed by atoms with Crippen LogP contribution in [-0.2, 0) is 33.8 Å². The van der Waals surface area contributed by atoms with E-state index in [9.17, 15) is 4.79 Å². The number of halogens is 3. The second-order valence-corrected chi connectivity index (χ2v) is 11.3. The smallest absolute Gasteiger partial charge is 0.310 e. The third kappa shape index (κ3) is 8.85. The van der Waals surface area contributed by atoms with Crippen molar-refractivity contribution in [2.24, 2.45) is 0 Å². The zero-order valence-corrected chi connectivity index (χ0v) is 25.0. The molecule has 3 aromatic carbocycles. The lowest BCUT2D eigenvalue weighted by Gasteiger charge is -2.18. The van der Waals surface area contributed by atoms with E-state index in [4.69, 9.17) is 38.4 Å². The number of nitrogens with two attached hydrogens (primary N) is 1. The molecule has 3 aromatic rings. The minimum atomic E-state index is -0.285. The van der Waals surface area contributed by atoms with Crippen LogP contribution in [0.3, 0.4) is 0 Å². The van der Waals surface area contributed by atoms with Gasteiger partial charge in [0.2, 0.25) is 0 Å². The fraction of sp³-hybridized carbons (Fsp3) is 0.367. The number of hydrogen-bond acceptors (Lipinski definition) is 6. The summed E-state index contributed by atoms with van der Waals surface area (Å²) in [4.78, 5) is 14.9. The maximum absolute atomic E-state index is 12.5. The highest BCUT2D eigenvalue weighted by Crippen LogP contribution is 2.34. The summed E-state index contributed by atoms with van der Waals surface area (Å²) in [5.41, 5.74) is 11.5. The Morgan fingerprint density at radius 3 is 2.46 bits per heavy atom. The lowest BCUT2D eigenvalue weighted by atomic mass is 10.1. The van der Waals surface area contributed by atoms with Crippen molar-refractivity contribution in [1.29, 1.82) is 0 Å². The number of ether oxygens (including phenoxy) is 2. The highest BCUT2D eigenvalue weighted by atomic mass is 79.9. The summed E-state index contributed by atoms with van der Waals surface area (Å²) in [5.74, 6) is -0.285. The van der Waals surface area contributed by atoms with Crippen molar-refractivity contribution in [3.63, 3.8) is 0 Å². The van der Waals surface area contributed by atoms with Crippen molar-refractivity contribution in [1.82, 2.24) is 4.90 Å². The van der Waals surface area contributed by atoms with Gasteiger partial charge in [-0.3, -0.25) is 9.69 Å². The Bertz CT molecular complexity index is 1250.